The van der Waals surface area contributed by atoms with Crippen LogP contribution in [0.2, 0.25) is 0 Å². The summed E-state index contributed by atoms with van der Waals surface area (Å²) in [6.45, 7) is 4.15. The number of halogens is 3. The molecule has 1 aliphatic heterocycles. The van der Waals surface area contributed by atoms with Crippen LogP contribution in [0.4, 0.5) is 24.7 Å². The summed E-state index contributed by atoms with van der Waals surface area (Å²) in [6.07, 6.45) is -4.19. The molecule has 3 heterocycles. The summed E-state index contributed by atoms with van der Waals surface area (Å²) in [5.74, 6) is 0.861. The van der Waals surface area contributed by atoms with Crippen LogP contribution in [0.25, 0.3) is 5.52 Å². The molecule has 2 atom stereocenters. The van der Waals surface area contributed by atoms with Crippen molar-refractivity contribution >= 4 is 17.0 Å². The van der Waals surface area contributed by atoms with E-state index in [-0.39, 0.29) is 5.69 Å². The number of aromatic nitrogens is 3. The molecule has 0 radical (unpaired) electrons. The van der Waals surface area contributed by atoms with Crippen LogP contribution in [0.1, 0.15) is 41.7 Å². The minimum absolute atomic E-state index is 0.0207. The Balaban J connectivity index is 1.64. The molecule has 0 amide bonds. The zero-order valence-corrected chi connectivity index (χ0v) is 16.9. The van der Waals surface area contributed by atoms with Crippen molar-refractivity contribution in [1.82, 2.24) is 19.5 Å². The van der Waals surface area contributed by atoms with E-state index in [4.69, 9.17) is 5.73 Å². The van der Waals surface area contributed by atoms with E-state index in [1.54, 1.807) is 35.5 Å². The molecule has 0 aliphatic carbocycles. The Kier molecular flexibility index (Phi) is 5.28. The van der Waals surface area contributed by atoms with Gasteiger partial charge in [0.05, 0.1) is 17.7 Å². The highest BCUT2D eigenvalue weighted by Crippen LogP contribution is 2.34. The van der Waals surface area contributed by atoms with Crippen LogP contribution >= 0.6 is 0 Å². The molecule has 1 aliphatic rings. The molecule has 0 saturated carbocycles. The summed E-state index contributed by atoms with van der Waals surface area (Å²) in [5, 5.41) is 27.4. The van der Waals surface area contributed by atoms with Gasteiger partial charge < -0.3 is 21.3 Å². The number of aliphatic hydroxyl groups is 2. The highest BCUT2D eigenvalue weighted by atomic mass is 19.4. The number of hydrogen-bond acceptors (Lipinski definition) is 7. The monoisotopic (exact) mass is 436 g/mol. The number of rotatable bonds is 5. The van der Waals surface area contributed by atoms with Crippen LogP contribution in [0.5, 0.6) is 0 Å². The van der Waals surface area contributed by atoms with Gasteiger partial charge in [0.15, 0.2) is 5.82 Å². The number of hydrogen-bond donors (Lipinski definition) is 4. The summed E-state index contributed by atoms with van der Waals surface area (Å²) in [4.78, 5) is 6.10. The summed E-state index contributed by atoms with van der Waals surface area (Å²) >= 11 is 0. The highest BCUT2D eigenvalue weighted by molar-refractivity contribution is 5.69. The number of nitrogens with two attached hydrogens (primary N) is 1. The minimum atomic E-state index is -4.50. The van der Waals surface area contributed by atoms with Gasteiger partial charge in [-0.05, 0) is 43.7 Å². The number of likely N-dealkylation sites (tertiary alicyclic amines) is 1. The van der Waals surface area contributed by atoms with E-state index in [2.05, 4.69) is 15.4 Å². The first-order chi connectivity index (χ1) is 14.5. The summed E-state index contributed by atoms with van der Waals surface area (Å²) in [5.41, 5.74) is 6.39. The van der Waals surface area contributed by atoms with Crippen molar-refractivity contribution in [2.24, 2.45) is 0 Å². The van der Waals surface area contributed by atoms with E-state index in [0.717, 1.165) is 12.1 Å². The minimum Gasteiger partial charge on any atom is -0.399 e. The molecule has 1 unspecified atom stereocenters. The van der Waals surface area contributed by atoms with Crippen molar-refractivity contribution in [2.45, 2.75) is 38.4 Å². The predicted molar refractivity (Wildman–Crippen MR) is 108 cm³/mol. The maximum absolute atomic E-state index is 13.2. The fourth-order valence-electron chi connectivity index (χ4n) is 3.65. The molecule has 3 aromatic rings. The Labute approximate surface area is 176 Å². The Morgan fingerprint density at radius 3 is 2.55 bits per heavy atom. The number of β-amino-alcohol motifs (C(OH)–C–C–N with tert-alkyl or cyclic N) is 1. The second-order valence-electron chi connectivity index (χ2n) is 7.84. The third-order valence-corrected chi connectivity index (χ3v) is 5.28. The zero-order chi connectivity index (χ0) is 22.5. The smallest absolute Gasteiger partial charge is 0.399 e. The summed E-state index contributed by atoms with van der Waals surface area (Å²) in [6, 6.07) is 4.63. The van der Waals surface area contributed by atoms with Crippen LogP contribution in [0, 0.1) is 6.92 Å². The van der Waals surface area contributed by atoms with Crippen molar-refractivity contribution in [3.05, 3.63) is 53.0 Å². The summed E-state index contributed by atoms with van der Waals surface area (Å²) in [7, 11) is 0. The van der Waals surface area contributed by atoms with Gasteiger partial charge >= 0.3 is 6.18 Å². The van der Waals surface area contributed by atoms with Gasteiger partial charge in [0.1, 0.15) is 17.6 Å². The van der Waals surface area contributed by atoms with E-state index in [0.29, 0.717) is 41.4 Å². The number of aryl methyl sites for hydroxylation is 1. The predicted octanol–water partition coefficient (Wildman–Crippen LogP) is 2.48. The third-order valence-electron chi connectivity index (χ3n) is 5.28. The summed E-state index contributed by atoms with van der Waals surface area (Å²) < 4.78 is 41.0. The second kappa shape index (κ2) is 7.66. The number of nitrogens with zero attached hydrogens (tertiary/aromatic N) is 4. The van der Waals surface area contributed by atoms with Crippen LogP contribution in [0.15, 0.2) is 30.5 Å². The van der Waals surface area contributed by atoms with Gasteiger partial charge in [0, 0.05) is 30.5 Å². The fourth-order valence-corrected chi connectivity index (χ4v) is 3.65. The fraction of sp³-hybridized carbons (Fsp3) is 0.400. The molecule has 166 valence electrons. The molecule has 5 N–H and O–H groups in total. The van der Waals surface area contributed by atoms with Gasteiger partial charge in [0.2, 0.25) is 0 Å². The van der Waals surface area contributed by atoms with E-state index in [9.17, 15) is 23.4 Å². The molecule has 4 rings (SSSR count). The zero-order valence-electron chi connectivity index (χ0n) is 16.9. The first kappa shape index (κ1) is 21.3. The molecule has 1 saturated heterocycles. The first-order valence-electron chi connectivity index (χ1n) is 9.72. The average Bonchev–Trinajstić information content (AvgIpc) is 3.08. The Morgan fingerprint density at radius 1 is 1.19 bits per heavy atom. The Morgan fingerprint density at radius 2 is 1.90 bits per heavy atom. The number of aliphatic hydroxyl groups excluding tert-OH is 2. The average molecular weight is 436 g/mol. The molecule has 1 fully saturated rings. The maximum atomic E-state index is 13.2. The highest BCUT2D eigenvalue weighted by Gasteiger charge is 2.32. The molecule has 0 bridgehead atoms. The Bertz CT molecular complexity index is 1110. The van der Waals surface area contributed by atoms with Gasteiger partial charge in [-0.3, -0.25) is 4.90 Å². The lowest BCUT2D eigenvalue weighted by Crippen LogP contribution is -2.52. The van der Waals surface area contributed by atoms with Gasteiger partial charge in [0.25, 0.3) is 0 Å². The second-order valence-corrected chi connectivity index (χ2v) is 7.84. The molecular formula is C20H23F3N6O2. The van der Waals surface area contributed by atoms with Crippen LogP contribution in [-0.4, -0.2) is 48.9 Å². The number of fused-ring (bicyclic) bond motifs is 1. The quantitative estimate of drug-likeness (QED) is 0.455. The van der Waals surface area contributed by atoms with Gasteiger partial charge in [-0.15, -0.1) is 0 Å². The number of nitrogen functional groups attached to an aromatic ring is 1. The van der Waals surface area contributed by atoms with E-state index < -0.39 is 30.1 Å². The number of anilines is 2. The van der Waals surface area contributed by atoms with Crippen molar-refractivity contribution < 1.29 is 23.4 Å². The van der Waals surface area contributed by atoms with Gasteiger partial charge in [-0.25, -0.2) is 9.50 Å². The maximum Gasteiger partial charge on any atom is 0.416 e. The number of alkyl halides is 3. The van der Waals surface area contributed by atoms with E-state index >= 15 is 0 Å². The lowest BCUT2D eigenvalue weighted by Gasteiger charge is -2.38. The lowest BCUT2D eigenvalue weighted by atomic mass is 10.0. The molecular weight excluding hydrogens is 413 g/mol. The van der Waals surface area contributed by atoms with Crippen LogP contribution in [0.3, 0.4) is 0 Å². The lowest BCUT2D eigenvalue weighted by molar-refractivity contribution is -0.137. The first-order valence-corrected chi connectivity index (χ1v) is 9.72. The van der Waals surface area contributed by atoms with E-state index in [1.165, 1.54) is 6.07 Å². The molecule has 0 spiro atoms. The number of nitrogens with one attached hydrogen (secondary N) is 1. The molecule has 31 heavy (non-hydrogen) atoms. The normalized spacial score (nSPS) is 17.5. The molecule has 1 aromatic carbocycles. The Hall–Kier alpha value is -2.89. The molecule has 2 aromatic heterocycles. The molecule has 11 heteroatoms. The standard InChI is InChI=1S/C20H23F3N6O2/c1-10(12-3-14(20(21,22)23)6-15(24)4-12)25-18-17-5-13(7-29(17)27-11(2)26-18)19(31)28-8-16(30)9-28/h3-7,10,16,19,30-31H,8-9,24H2,1-2H3,(H,25,26,27)/t10-,19?/m1/s1. The van der Waals surface area contributed by atoms with Crippen LogP contribution < -0.4 is 11.1 Å². The molecule has 8 nitrogen and oxygen atoms in total. The largest absolute Gasteiger partial charge is 0.416 e. The van der Waals surface area contributed by atoms with E-state index in [1.807, 2.05) is 0 Å². The van der Waals surface area contributed by atoms with Gasteiger partial charge in [-0.2, -0.15) is 18.3 Å². The SMILES string of the molecule is Cc1nc(N[C@H](C)c2cc(N)cc(C(F)(F)F)c2)c2cc(C(O)N3CC(O)C3)cn2n1. The topological polar surface area (TPSA) is 112 Å². The van der Waals surface area contributed by atoms with Crippen molar-refractivity contribution in [1.29, 1.82) is 0 Å². The van der Waals surface area contributed by atoms with Crippen molar-refractivity contribution in [3.63, 3.8) is 0 Å². The third kappa shape index (κ3) is 4.29. The van der Waals surface area contributed by atoms with Crippen molar-refractivity contribution in [3.8, 4) is 0 Å². The van der Waals surface area contributed by atoms with Gasteiger partial charge in [-0.1, -0.05) is 0 Å². The van der Waals surface area contributed by atoms with Crippen LogP contribution in [-0.2, 0) is 6.18 Å². The number of benzene rings is 1. The van der Waals surface area contributed by atoms with Crippen molar-refractivity contribution in [2.75, 3.05) is 24.1 Å².